The standard InChI is InChI=1S/C16H21NO5S/c18-16(17-11-12-2-1-3-12)6-9-23(19,20)13-4-5-14-15(10-13)22-8-7-21-14/h4-5,10,12H,1-3,6-9,11H2,(H,17,18). The van der Waals surface area contributed by atoms with E-state index in [0.717, 1.165) is 12.8 Å². The van der Waals surface area contributed by atoms with Crippen LogP contribution in [0.1, 0.15) is 25.7 Å². The Bertz CT molecular complexity index is 682. The molecule has 1 aromatic carbocycles. The van der Waals surface area contributed by atoms with Crippen LogP contribution in [0.3, 0.4) is 0 Å². The van der Waals surface area contributed by atoms with E-state index in [1.165, 1.54) is 18.6 Å². The first-order valence-corrected chi connectivity index (χ1v) is 9.59. The van der Waals surface area contributed by atoms with E-state index in [1.807, 2.05) is 0 Å². The molecule has 126 valence electrons. The maximum Gasteiger partial charge on any atom is 0.221 e. The lowest BCUT2D eigenvalue weighted by atomic mass is 9.85. The zero-order chi connectivity index (χ0) is 16.3. The first-order valence-electron chi connectivity index (χ1n) is 7.94. The molecule has 1 saturated carbocycles. The summed E-state index contributed by atoms with van der Waals surface area (Å²) < 4.78 is 35.5. The second-order valence-corrected chi connectivity index (χ2v) is 8.08. The number of hydrogen-bond donors (Lipinski definition) is 1. The van der Waals surface area contributed by atoms with Crippen molar-refractivity contribution in [1.82, 2.24) is 5.32 Å². The number of sulfone groups is 1. The van der Waals surface area contributed by atoms with Gasteiger partial charge in [-0.15, -0.1) is 0 Å². The largest absolute Gasteiger partial charge is 0.486 e. The van der Waals surface area contributed by atoms with Crippen molar-refractivity contribution in [2.45, 2.75) is 30.6 Å². The number of hydrogen-bond acceptors (Lipinski definition) is 5. The second-order valence-electron chi connectivity index (χ2n) is 5.98. The third kappa shape index (κ3) is 3.96. The summed E-state index contributed by atoms with van der Waals surface area (Å²) in [6, 6.07) is 4.56. The normalized spacial score (nSPS) is 17.4. The van der Waals surface area contributed by atoms with Crippen LogP contribution in [0.25, 0.3) is 0 Å². The van der Waals surface area contributed by atoms with Crippen LogP contribution in [0.15, 0.2) is 23.1 Å². The van der Waals surface area contributed by atoms with E-state index < -0.39 is 9.84 Å². The summed E-state index contributed by atoms with van der Waals surface area (Å²) in [5.74, 6) is 1.13. The highest BCUT2D eigenvalue weighted by Crippen LogP contribution is 2.32. The molecule has 6 nitrogen and oxygen atoms in total. The molecule has 3 rings (SSSR count). The first-order chi connectivity index (χ1) is 11.0. The van der Waals surface area contributed by atoms with Gasteiger partial charge in [-0.2, -0.15) is 0 Å². The number of amides is 1. The molecule has 1 aromatic rings. The fourth-order valence-corrected chi connectivity index (χ4v) is 3.86. The number of benzene rings is 1. The van der Waals surface area contributed by atoms with Crippen molar-refractivity contribution in [2.75, 3.05) is 25.5 Å². The van der Waals surface area contributed by atoms with E-state index in [2.05, 4.69) is 5.32 Å². The average Bonchev–Trinajstić information content (AvgIpc) is 2.51. The van der Waals surface area contributed by atoms with Crippen LogP contribution in [0.5, 0.6) is 11.5 Å². The molecule has 0 spiro atoms. The number of fused-ring (bicyclic) bond motifs is 1. The quantitative estimate of drug-likeness (QED) is 0.850. The van der Waals surface area contributed by atoms with Crippen molar-refractivity contribution >= 4 is 15.7 Å². The minimum atomic E-state index is -3.52. The molecule has 0 bridgehead atoms. The first kappa shape index (κ1) is 16.1. The fraction of sp³-hybridized carbons (Fsp3) is 0.562. The molecule has 7 heteroatoms. The van der Waals surface area contributed by atoms with Gasteiger partial charge >= 0.3 is 0 Å². The SMILES string of the molecule is O=C(CCS(=O)(=O)c1ccc2c(c1)OCCO2)NCC1CCC1. The van der Waals surface area contributed by atoms with Crippen LogP contribution in [0.2, 0.25) is 0 Å². The van der Waals surface area contributed by atoms with E-state index in [0.29, 0.717) is 37.2 Å². The molecule has 1 N–H and O–H groups in total. The zero-order valence-electron chi connectivity index (χ0n) is 12.9. The molecule has 1 aliphatic heterocycles. The molecular formula is C16H21NO5S. The van der Waals surface area contributed by atoms with E-state index in [-0.39, 0.29) is 23.0 Å². The van der Waals surface area contributed by atoms with E-state index in [9.17, 15) is 13.2 Å². The Labute approximate surface area is 136 Å². The molecule has 23 heavy (non-hydrogen) atoms. The van der Waals surface area contributed by atoms with Crippen molar-refractivity contribution in [1.29, 1.82) is 0 Å². The van der Waals surface area contributed by atoms with Crippen molar-refractivity contribution in [3.05, 3.63) is 18.2 Å². The fourth-order valence-electron chi connectivity index (χ4n) is 2.61. The van der Waals surface area contributed by atoms with Gasteiger partial charge in [0, 0.05) is 19.0 Å². The van der Waals surface area contributed by atoms with Crippen LogP contribution < -0.4 is 14.8 Å². The van der Waals surface area contributed by atoms with Crippen molar-refractivity contribution in [2.24, 2.45) is 5.92 Å². The zero-order valence-corrected chi connectivity index (χ0v) is 13.7. The van der Waals surface area contributed by atoms with Gasteiger partial charge in [0.25, 0.3) is 0 Å². The van der Waals surface area contributed by atoms with Crippen molar-refractivity contribution in [3.63, 3.8) is 0 Å². The van der Waals surface area contributed by atoms with E-state index in [1.54, 1.807) is 6.07 Å². The predicted octanol–water partition coefficient (Wildman–Crippen LogP) is 1.54. The summed E-state index contributed by atoms with van der Waals surface area (Å²) in [5, 5.41) is 2.81. The molecule has 0 atom stereocenters. The van der Waals surface area contributed by atoms with Gasteiger partial charge in [0.2, 0.25) is 5.91 Å². The van der Waals surface area contributed by atoms with Crippen LogP contribution in [-0.4, -0.2) is 39.8 Å². The lowest BCUT2D eigenvalue weighted by Crippen LogP contribution is -2.33. The van der Waals surface area contributed by atoms with Gasteiger partial charge in [0.1, 0.15) is 13.2 Å². The average molecular weight is 339 g/mol. The molecule has 2 aliphatic rings. The molecule has 0 radical (unpaired) electrons. The smallest absolute Gasteiger partial charge is 0.221 e. The third-order valence-corrected chi connectivity index (χ3v) is 6.00. The molecule has 0 aromatic heterocycles. The number of ether oxygens (including phenoxy) is 2. The van der Waals surface area contributed by atoms with Gasteiger partial charge in [0.15, 0.2) is 21.3 Å². The highest BCUT2D eigenvalue weighted by Gasteiger charge is 2.22. The predicted molar refractivity (Wildman–Crippen MR) is 84.5 cm³/mol. The molecule has 0 unspecified atom stereocenters. The minimum Gasteiger partial charge on any atom is -0.486 e. The Hall–Kier alpha value is -1.76. The second kappa shape index (κ2) is 6.78. The van der Waals surface area contributed by atoms with E-state index >= 15 is 0 Å². The monoisotopic (exact) mass is 339 g/mol. The molecule has 1 fully saturated rings. The summed E-state index contributed by atoms with van der Waals surface area (Å²) in [5.41, 5.74) is 0. The van der Waals surface area contributed by atoms with Crippen LogP contribution in [0.4, 0.5) is 0 Å². The number of nitrogens with one attached hydrogen (secondary N) is 1. The lowest BCUT2D eigenvalue weighted by Gasteiger charge is -2.25. The van der Waals surface area contributed by atoms with Gasteiger partial charge in [-0.1, -0.05) is 6.42 Å². The molecule has 1 aliphatic carbocycles. The van der Waals surface area contributed by atoms with E-state index in [4.69, 9.17) is 9.47 Å². The minimum absolute atomic E-state index is 0.0243. The maximum absolute atomic E-state index is 12.4. The molecule has 1 amide bonds. The topological polar surface area (TPSA) is 81.7 Å². The summed E-state index contributed by atoms with van der Waals surface area (Å²) in [7, 11) is -3.52. The van der Waals surface area contributed by atoms with Crippen molar-refractivity contribution in [3.8, 4) is 11.5 Å². The Morgan fingerprint density at radius 3 is 2.61 bits per heavy atom. The van der Waals surface area contributed by atoms with Gasteiger partial charge in [-0.3, -0.25) is 4.79 Å². The summed E-state index contributed by atoms with van der Waals surface area (Å²) in [6.45, 7) is 1.52. The van der Waals surface area contributed by atoms with Crippen LogP contribution in [-0.2, 0) is 14.6 Å². The molecule has 0 saturated heterocycles. The Morgan fingerprint density at radius 1 is 1.17 bits per heavy atom. The highest BCUT2D eigenvalue weighted by molar-refractivity contribution is 7.91. The highest BCUT2D eigenvalue weighted by atomic mass is 32.2. The van der Waals surface area contributed by atoms with Gasteiger partial charge < -0.3 is 14.8 Å². The number of carbonyl (C=O) groups excluding carboxylic acids is 1. The number of carbonyl (C=O) groups is 1. The molecule has 1 heterocycles. The van der Waals surface area contributed by atoms with Gasteiger partial charge in [-0.05, 0) is 30.9 Å². The summed E-state index contributed by atoms with van der Waals surface area (Å²) in [6.07, 6.45) is 3.49. The number of rotatable bonds is 6. The summed E-state index contributed by atoms with van der Waals surface area (Å²) in [4.78, 5) is 11.9. The Balaban J connectivity index is 1.56. The summed E-state index contributed by atoms with van der Waals surface area (Å²) >= 11 is 0. The molecular weight excluding hydrogens is 318 g/mol. The van der Waals surface area contributed by atoms with Crippen LogP contribution in [0, 0.1) is 5.92 Å². The Kier molecular flexibility index (Phi) is 4.75. The lowest BCUT2D eigenvalue weighted by molar-refractivity contribution is -0.121. The van der Waals surface area contributed by atoms with Gasteiger partial charge in [0.05, 0.1) is 10.6 Å². The maximum atomic E-state index is 12.4. The Morgan fingerprint density at radius 2 is 1.91 bits per heavy atom. The van der Waals surface area contributed by atoms with Gasteiger partial charge in [-0.25, -0.2) is 8.42 Å². The van der Waals surface area contributed by atoms with Crippen LogP contribution >= 0.6 is 0 Å². The van der Waals surface area contributed by atoms with Crippen molar-refractivity contribution < 1.29 is 22.7 Å². The third-order valence-electron chi connectivity index (χ3n) is 4.28.